The molecule has 0 nitrogen and oxygen atoms in total. The van der Waals surface area contributed by atoms with E-state index in [1.165, 1.54) is 5.56 Å². The molecular weight excluding hydrogens is 204 g/mol. The van der Waals surface area contributed by atoms with Crippen LogP contribution < -0.4 is 0 Å². The first-order valence-electron chi connectivity index (χ1n) is 6.21. The van der Waals surface area contributed by atoms with Gasteiger partial charge in [0, 0.05) is 0 Å². The van der Waals surface area contributed by atoms with Gasteiger partial charge in [-0.3, -0.25) is 0 Å². The van der Waals surface area contributed by atoms with E-state index in [0.717, 1.165) is 25.7 Å². The van der Waals surface area contributed by atoms with Crippen LogP contribution in [0, 0.1) is 6.92 Å². The summed E-state index contributed by atoms with van der Waals surface area (Å²) in [5, 5.41) is 0. The molecule has 0 amide bonds. The maximum atomic E-state index is 3.64. The summed E-state index contributed by atoms with van der Waals surface area (Å²) in [6.07, 6.45) is 17.0. The highest BCUT2D eigenvalue weighted by Crippen LogP contribution is 2.03. The molecule has 1 aromatic carbocycles. The predicted molar refractivity (Wildman–Crippen MR) is 76.8 cm³/mol. The fourth-order valence-corrected chi connectivity index (χ4v) is 1.55. The first kappa shape index (κ1) is 13.5. The summed E-state index contributed by atoms with van der Waals surface area (Å²) < 4.78 is 0. The van der Waals surface area contributed by atoms with Crippen molar-refractivity contribution in [3.63, 3.8) is 0 Å². The van der Waals surface area contributed by atoms with Crippen LogP contribution >= 0.6 is 0 Å². The Morgan fingerprint density at radius 1 is 0.824 bits per heavy atom. The Morgan fingerprint density at radius 2 is 1.47 bits per heavy atom. The lowest BCUT2D eigenvalue weighted by Gasteiger charge is -1.95. The van der Waals surface area contributed by atoms with Crippen molar-refractivity contribution < 1.29 is 0 Å². The average molecular weight is 225 g/mol. The van der Waals surface area contributed by atoms with Gasteiger partial charge < -0.3 is 0 Å². The van der Waals surface area contributed by atoms with Crippen molar-refractivity contribution in [1.29, 1.82) is 0 Å². The summed E-state index contributed by atoms with van der Waals surface area (Å²) in [7, 11) is 0. The number of aryl methyl sites for hydroxylation is 1. The molecule has 0 fully saturated rings. The third kappa shape index (κ3) is 7.35. The van der Waals surface area contributed by atoms with Gasteiger partial charge in [0.2, 0.25) is 0 Å². The molecule has 1 aromatic rings. The maximum absolute atomic E-state index is 3.64. The SMILES string of the molecule is [CH2]C=CCC=CCC=CCCc1ccccc1. The van der Waals surface area contributed by atoms with Crippen LogP contribution in [0.2, 0.25) is 0 Å². The number of allylic oxidation sites excluding steroid dienone is 6. The molecule has 0 spiro atoms. The van der Waals surface area contributed by atoms with Crippen molar-refractivity contribution in [2.45, 2.75) is 25.7 Å². The van der Waals surface area contributed by atoms with Crippen LogP contribution in [0.3, 0.4) is 0 Å². The van der Waals surface area contributed by atoms with E-state index >= 15 is 0 Å². The lowest BCUT2D eigenvalue weighted by Crippen LogP contribution is -1.80. The summed E-state index contributed by atoms with van der Waals surface area (Å²) in [5.41, 5.74) is 1.41. The molecule has 1 radical (unpaired) electrons. The molecule has 0 saturated heterocycles. The van der Waals surface area contributed by atoms with Crippen LogP contribution in [0.25, 0.3) is 0 Å². The lowest BCUT2D eigenvalue weighted by atomic mass is 10.1. The Kier molecular flexibility index (Phi) is 7.67. The van der Waals surface area contributed by atoms with Crippen LogP contribution in [0.15, 0.2) is 66.8 Å². The van der Waals surface area contributed by atoms with Crippen LogP contribution in [0.1, 0.15) is 24.8 Å². The Bertz CT molecular complexity index is 355. The standard InChI is InChI=1S/C17H21/c1-2-3-4-5-6-7-8-9-11-14-17-15-12-10-13-16-17/h2-3,5-6,8-10,12-13,15-16H,1,4,7,11,14H2. The van der Waals surface area contributed by atoms with Crippen molar-refractivity contribution >= 4 is 0 Å². The van der Waals surface area contributed by atoms with Gasteiger partial charge in [-0.25, -0.2) is 0 Å². The van der Waals surface area contributed by atoms with E-state index in [1.807, 2.05) is 6.08 Å². The van der Waals surface area contributed by atoms with Gasteiger partial charge in [-0.2, -0.15) is 0 Å². The summed E-state index contributed by atoms with van der Waals surface area (Å²) in [5.74, 6) is 0. The average Bonchev–Trinajstić information content (AvgIpc) is 2.38. The molecule has 0 saturated carbocycles. The van der Waals surface area contributed by atoms with Gasteiger partial charge in [0.15, 0.2) is 0 Å². The van der Waals surface area contributed by atoms with Gasteiger partial charge in [0.05, 0.1) is 0 Å². The molecule has 1 rings (SSSR count). The highest BCUT2D eigenvalue weighted by molar-refractivity contribution is 5.15. The normalized spacial score (nSPS) is 12.1. The minimum Gasteiger partial charge on any atom is -0.0879 e. The van der Waals surface area contributed by atoms with E-state index in [2.05, 4.69) is 67.6 Å². The zero-order valence-electron chi connectivity index (χ0n) is 10.4. The summed E-state index contributed by atoms with van der Waals surface area (Å²) >= 11 is 0. The molecule has 0 N–H and O–H groups in total. The number of hydrogen-bond donors (Lipinski definition) is 0. The molecule has 0 heterocycles. The van der Waals surface area contributed by atoms with Crippen molar-refractivity contribution in [2.24, 2.45) is 0 Å². The minimum atomic E-state index is 0.987. The second-order valence-electron chi connectivity index (χ2n) is 3.91. The summed E-state index contributed by atoms with van der Waals surface area (Å²) in [6.45, 7) is 3.64. The third-order valence-electron chi connectivity index (χ3n) is 2.49. The molecule has 0 bridgehead atoms. The second-order valence-corrected chi connectivity index (χ2v) is 3.91. The van der Waals surface area contributed by atoms with Crippen LogP contribution in [0.5, 0.6) is 0 Å². The highest BCUT2D eigenvalue weighted by Gasteiger charge is 1.87. The van der Waals surface area contributed by atoms with E-state index in [-0.39, 0.29) is 0 Å². The molecule has 0 aliphatic heterocycles. The number of rotatable bonds is 7. The number of benzene rings is 1. The lowest BCUT2D eigenvalue weighted by molar-refractivity contribution is 0.996. The smallest absolute Gasteiger partial charge is 0.0169 e. The maximum Gasteiger partial charge on any atom is -0.0169 e. The molecular formula is C17H21. The zero-order chi connectivity index (χ0) is 12.2. The van der Waals surface area contributed by atoms with Crippen LogP contribution in [-0.4, -0.2) is 0 Å². The third-order valence-corrected chi connectivity index (χ3v) is 2.49. The van der Waals surface area contributed by atoms with Crippen molar-refractivity contribution in [2.75, 3.05) is 0 Å². The Morgan fingerprint density at radius 3 is 2.18 bits per heavy atom. The van der Waals surface area contributed by atoms with E-state index in [1.54, 1.807) is 0 Å². The van der Waals surface area contributed by atoms with Gasteiger partial charge in [-0.05, 0) is 38.2 Å². The molecule has 0 heteroatoms. The van der Waals surface area contributed by atoms with Crippen molar-refractivity contribution in [3.8, 4) is 0 Å². The van der Waals surface area contributed by atoms with Gasteiger partial charge in [0.25, 0.3) is 0 Å². The highest BCUT2D eigenvalue weighted by atomic mass is 13.9. The minimum absolute atomic E-state index is 0.987. The van der Waals surface area contributed by atoms with Gasteiger partial charge in [0.1, 0.15) is 0 Å². The molecule has 0 unspecified atom stereocenters. The monoisotopic (exact) mass is 225 g/mol. The Balaban J connectivity index is 2.08. The van der Waals surface area contributed by atoms with Crippen molar-refractivity contribution in [3.05, 3.63) is 79.3 Å². The zero-order valence-corrected chi connectivity index (χ0v) is 10.4. The van der Waals surface area contributed by atoms with Crippen molar-refractivity contribution in [1.82, 2.24) is 0 Å². The fourth-order valence-electron chi connectivity index (χ4n) is 1.55. The van der Waals surface area contributed by atoms with Gasteiger partial charge in [-0.1, -0.05) is 66.8 Å². The first-order chi connectivity index (χ1) is 8.43. The Hall–Kier alpha value is -1.56. The molecule has 17 heavy (non-hydrogen) atoms. The van der Waals surface area contributed by atoms with E-state index in [4.69, 9.17) is 0 Å². The predicted octanol–water partition coefficient (Wildman–Crippen LogP) is 4.90. The van der Waals surface area contributed by atoms with E-state index in [9.17, 15) is 0 Å². The van der Waals surface area contributed by atoms with E-state index < -0.39 is 0 Å². The molecule has 0 aliphatic rings. The van der Waals surface area contributed by atoms with Crippen LogP contribution in [0.4, 0.5) is 0 Å². The van der Waals surface area contributed by atoms with Crippen LogP contribution in [-0.2, 0) is 6.42 Å². The summed E-state index contributed by atoms with van der Waals surface area (Å²) in [4.78, 5) is 0. The topological polar surface area (TPSA) is 0 Å². The Labute approximate surface area is 105 Å². The van der Waals surface area contributed by atoms with Gasteiger partial charge >= 0.3 is 0 Å². The first-order valence-corrected chi connectivity index (χ1v) is 6.21. The molecule has 0 aromatic heterocycles. The quantitative estimate of drug-likeness (QED) is 0.579. The molecule has 0 aliphatic carbocycles. The second kappa shape index (κ2) is 9.65. The van der Waals surface area contributed by atoms with Gasteiger partial charge in [-0.15, -0.1) is 0 Å². The fraction of sp³-hybridized carbons (Fsp3) is 0.235. The van der Waals surface area contributed by atoms with E-state index in [0.29, 0.717) is 0 Å². The molecule has 89 valence electrons. The number of hydrogen-bond acceptors (Lipinski definition) is 0. The largest absolute Gasteiger partial charge is 0.0879 e. The molecule has 0 atom stereocenters. The summed E-state index contributed by atoms with van der Waals surface area (Å²) in [6, 6.07) is 10.6.